The zero-order chi connectivity index (χ0) is 14.5. The van der Waals surface area contributed by atoms with E-state index in [1.54, 1.807) is 31.4 Å². The van der Waals surface area contributed by atoms with Gasteiger partial charge in [-0.1, -0.05) is 6.92 Å². The second-order valence-corrected chi connectivity index (χ2v) is 4.25. The molecule has 0 fully saturated rings. The van der Waals surface area contributed by atoms with Crippen molar-refractivity contribution in [1.82, 2.24) is 15.1 Å². The van der Waals surface area contributed by atoms with E-state index in [4.69, 9.17) is 4.74 Å². The maximum Gasteiger partial charge on any atom is 0.280 e. The normalized spacial score (nSPS) is 11.1. The first kappa shape index (κ1) is 14.5. The van der Waals surface area contributed by atoms with Crippen molar-refractivity contribution in [2.24, 2.45) is 0 Å². The number of hydrogen-bond donors (Lipinski definition) is 1. The molecule has 1 heterocycles. The first-order chi connectivity index (χ1) is 9.67. The van der Waals surface area contributed by atoms with Gasteiger partial charge in [0.05, 0.1) is 19.0 Å². The van der Waals surface area contributed by atoms with Gasteiger partial charge in [0.25, 0.3) is 6.43 Å². The fourth-order valence-corrected chi connectivity index (χ4v) is 1.95. The lowest BCUT2D eigenvalue weighted by Crippen LogP contribution is -2.13. The molecule has 108 valence electrons. The molecule has 2 rings (SSSR count). The van der Waals surface area contributed by atoms with Crippen LogP contribution < -0.4 is 10.1 Å². The van der Waals surface area contributed by atoms with Gasteiger partial charge < -0.3 is 10.1 Å². The quantitative estimate of drug-likeness (QED) is 0.885. The molecule has 0 radical (unpaired) electrons. The van der Waals surface area contributed by atoms with Gasteiger partial charge >= 0.3 is 0 Å². The molecule has 0 aliphatic carbocycles. The summed E-state index contributed by atoms with van der Waals surface area (Å²) in [5.74, 6) is 0.673. The Morgan fingerprint density at radius 1 is 1.30 bits per heavy atom. The van der Waals surface area contributed by atoms with Gasteiger partial charge in [-0.2, -0.15) is 5.10 Å². The Bertz CT molecular complexity index is 552. The Kier molecular flexibility index (Phi) is 4.68. The predicted molar refractivity (Wildman–Crippen MR) is 72.5 cm³/mol. The van der Waals surface area contributed by atoms with Crippen molar-refractivity contribution in [2.75, 3.05) is 13.7 Å². The summed E-state index contributed by atoms with van der Waals surface area (Å²) in [6.07, 6.45) is -1.10. The molecule has 4 nitrogen and oxygen atoms in total. The van der Waals surface area contributed by atoms with Gasteiger partial charge in [0.15, 0.2) is 0 Å². The number of hydrogen-bond acceptors (Lipinski definition) is 3. The van der Waals surface area contributed by atoms with Crippen LogP contribution in [-0.2, 0) is 6.54 Å². The Morgan fingerprint density at radius 2 is 2.00 bits per heavy atom. The van der Waals surface area contributed by atoms with Gasteiger partial charge in [-0.15, -0.1) is 0 Å². The number of methoxy groups -OCH3 is 1. The van der Waals surface area contributed by atoms with Crippen LogP contribution >= 0.6 is 0 Å². The van der Waals surface area contributed by atoms with E-state index in [-0.39, 0.29) is 5.69 Å². The molecule has 0 saturated heterocycles. The molecular formula is C14H17F2N3O. The third-order valence-corrected chi connectivity index (χ3v) is 2.98. The van der Waals surface area contributed by atoms with Crippen LogP contribution in [0.25, 0.3) is 5.69 Å². The highest BCUT2D eigenvalue weighted by Gasteiger charge is 2.20. The summed E-state index contributed by atoms with van der Waals surface area (Å²) in [5, 5.41) is 7.11. The fraction of sp³-hybridized carbons (Fsp3) is 0.357. The van der Waals surface area contributed by atoms with Crippen LogP contribution in [0.15, 0.2) is 30.5 Å². The summed E-state index contributed by atoms with van der Waals surface area (Å²) >= 11 is 0. The van der Waals surface area contributed by atoms with Crippen molar-refractivity contribution in [3.05, 3.63) is 41.7 Å². The monoisotopic (exact) mass is 281 g/mol. The molecule has 6 heteroatoms. The van der Waals surface area contributed by atoms with Gasteiger partial charge in [-0.3, -0.25) is 0 Å². The van der Waals surface area contributed by atoms with E-state index in [2.05, 4.69) is 10.4 Å². The molecule has 0 bridgehead atoms. The number of nitrogens with zero attached hydrogens (tertiary/aromatic N) is 2. The highest BCUT2D eigenvalue weighted by molar-refractivity contribution is 5.39. The van der Waals surface area contributed by atoms with Crippen LogP contribution in [0.3, 0.4) is 0 Å². The molecule has 0 unspecified atom stereocenters. The molecular weight excluding hydrogens is 264 g/mol. The van der Waals surface area contributed by atoms with E-state index in [1.165, 1.54) is 10.9 Å². The molecule has 0 saturated carbocycles. The summed E-state index contributed by atoms with van der Waals surface area (Å²) < 4.78 is 32.9. The Balaban J connectivity index is 2.37. The summed E-state index contributed by atoms with van der Waals surface area (Å²) in [5.41, 5.74) is 1.03. The molecule has 0 spiro atoms. The Labute approximate surface area is 116 Å². The zero-order valence-corrected chi connectivity index (χ0v) is 11.4. The van der Waals surface area contributed by atoms with Gasteiger partial charge in [0.1, 0.15) is 11.4 Å². The molecule has 0 amide bonds. The number of benzene rings is 1. The summed E-state index contributed by atoms with van der Waals surface area (Å²) in [4.78, 5) is 0. The molecule has 20 heavy (non-hydrogen) atoms. The van der Waals surface area contributed by atoms with Crippen molar-refractivity contribution in [3.63, 3.8) is 0 Å². The van der Waals surface area contributed by atoms with Crippen LogP contribution in [0.1, 0.15) is 24.6 Å². The molecule has 2 aromatic rings. The number of halogens is 2. The number of alkyl halides is 2. The number of nitrogens with one attached hydrogen (secondary N) is 1. The zero-order valence-electron chi connectivity index (χ0n) is 11.4. The van der Waals surface area contributed by atoms with Gasteiger partial charge in [0.2, 0.25) is 0 Å². The first-order valence-corrected chi connectivity index (χ1v) is 6.37. The van der Waals surface area contributed by atoms with Crippen molar-refractivity contribution in [3.8, 4) is 11.4 Å². The summed E-state index contributed by atoms with van der Waals surface area (Å²) in [6, 6.07) is 6.84. The summed E-state index contributed by atoms with van der Waals surface area (Å²) in [7, 11) is 1.56. The van der Waals surface area contributed by atoms with Crippen molar-refractivity contribution >= 4 is 0 Å². The molecule has 0 atom stereocenters. The van der Waals surface area contributed by atoms with E-state index in [0.717, 1.165) is 6.54 Å². The summed E-state index contributed by atoms with van der Waals surface area (Å²) in [6.45, 7) is 3.03. The minimum Gasteiger partial charge on any atom is -0.497 e. The highest BCUT2D eigenvalue weighted by Crippen LogP contribution is 2.26. The van der Waals surface area contributed by atoms with Crippen LogP contribution in [0.2, 0.25) is 0 Å². The Hall–Kier alpha value is -1.95. The van der Waals surface area contributed by atoms with Crippen LogP contribution in [0.5, 0.6) is 5.75 Å². The van der Waals surface area contributed by atoms with E-state index >= 15 is 0 Å². The van der Waals surface area contributed by atoms with E-state index in [1.807, 2.05) is 6.92 Å². The molecule has 1 aromatic heterocycles. The van der Waals surface area contributed by atoms with Gasteiger partial charge in [-0.25, -0.2) is 13.5 Å². The largest absolute Gasteiger partial charge is 0.497 e. The average Bonchev–Trinajstić information content (AvgIpc) is 2.89. The van der Waals surface area contributed by atoms with Crippen LogP contribution in [-0.4, -0.2) is 23.4 Å². The number of rotatable bonds is 6. The highest BCUT2D eigenvalue weighted by atomic mass is 19.3. The van der Waals surface area contributed by atoms with E-state index in [0.29, 0.717) is 23.5 Å². The average molecular weight is 281 g/mol. The van der Waals surface area contributed by atoms with Gasteiger partial charge in [0, 0.05) is 12.1 Å². The number of ether oxygens (including phenoxy) is 1. The fourth-order valence-electron chi connectivity index (χ4n) is 1.95. The van der Waals surface area contributed by atoms with Crippen molar-refractivity contribution in [2.45, 2.75) is 19.9 Å². The maximum absolute atomic E-state index is 13.3. The van der Waals surface area contributed by atoms with E-state index in [9.17, 15) is 8.78 Å². The van der Waals surface area contributed by atoms with Gasteiger partial charge in [-0.05, 0) is 30.8 Å². The smallest absolute Gasteiger partial charge is 0.280 e. The first-order valence-electron chi connectivity index (χ1n) is 6.37. The maximum atomic E-state index is 13.3. The minimum absolute atomic E-state index is 0.0730. The van der Waals surface area contributed by atoms with Crippen LogP contribution in [0, 0.1) is 0 Å². The lowest BCUT2D eigenvalue weighted by atomic mass is 10.2. The molecule has 1 N–H and O–H groups in total. The minimum atomic E-state index is -2.58. The van der Waals surface area contributed by atoms with E-state index < -0.39 is 6.43 Å². The molecule has 0 aliphatic heterocycles. The Morgan fingerprint density at radius 3 is 2.55 bits per heavy atom. The van der Waals surface area contributed by atoms with Crippen molar-refractivity contribution in [1.29, 1.82) is 0 Å². The lowest BCUT2D eigenvalue weighted by molar-refractivity contribution is 0.141. The third kappa shape index (κ3) is 2.96. The standard InChI is InChI=1S/C14H17F2N3O/c1-3-17-8-10-9-18-19(13(10)14(15)16)11-4-6-12(20-2)7-5-11/h4-7,9,14,17H,3,8H2,1-2H3. The molecule has 0 aliphatic rings. The van der Waals surface area contributed by atoms with Crippen LogP contribution in [0.4, 0.5) is 8.78 Å². The third-order valence-electron chi connectivity index (χ3n) is 2.98. The lowest BCUT2D eigenvalue weighted by Gasteiger charge is -2.10. The topological polar surface area (TPSA) is 39.1 Å². The predicted octanol–water partition coefficient (Wildman–Crippen LogP) is 2.93. The van der Waals surface area contributed by atoms with Crippen molar-refractivity contribution < 1.29 is 13.5 Å². The molecule has 1 aromatic carbocycles. The number of aromatic nitrogens is 2. The second-order valence-electron chi connectivity index (χ2n) is 4.25. The SMILES string of the molecule is CCNCc1cnn(-c2ccc(OC)cc2)c1C(F)F. The second kappa shape index (κ2) is 6.47.